The highest BCUT2D eigenvalue weighted by Crippen LogP contribution is 2.25. The van der Waals surface area contributed by atoms with Crippen molar-refractivity contribution < 1.29 is 0 Å². The van der Waals surface area contributed by atoms with Crippen LogP contribution >= 0.6 is 0 Å². The summed E-state index contributed by atoms with van der Waals surface area (Å²) in [4.78, 5) is 3.35. The van der Waals surface area contributed by atoms with Gasteiger partial charge in [0, 0.05) is 18.7 Å². The molecule has 1 rings (SSSR count). The first kappa shape index (κ1) is 22.8. The van der Waals surface area contributed by atoms with Gasteiger partial charge in [-0.25, -0.2) is 0 Å². The monoisotopic (exact) mass is 308 g/mol. The highest BCUT2D eigenvalue weighted by molar-refractivity contribution is 5.86. The summed E-state index contributed by atoms with van der Waals surface area (Å²) in [5.74, 6) is 0.699. The van der Waals surface area contributed by atoms with Gasteiger partial charge in [-0.2, -0.15) is 5.10 Å². The summed E-state index contributed by atoms with van der Waals surface area (Å²) < 4.78 is 0. The van der Waals surface area contributed by atoms with Crippen LogP contribution in [0, 0.1) is 12.0 Å². The van der Waals surface area contributed by atoms with Gasteiger partial charge in [0.25, 0.3) is 6.07 Å². The molecule has 0 aromatic carbocycles. The molecule has 0 spiro atoms. The van der Waals surface area contributed by atoms with Gasteiger partial charge in [-0.15, -0.1) is 4.95 Å². The molecule has 4 heteroatoms. The van der Waals surface area contributed by atoms with Crippen LogP contribution in [0.25, 0.3) is 10.4 Å². The molecule has 0 aromatic rings. The van der Waals surface area contributed by atoms with Crippen LogP contribution in [-0.4, -0.2) is 30.9 Å². The molecule has 2 unspecified atom stereocenters. The van der Waals surface area contributed by atoms with E-state index < -0.39 is 0 Å². The van der Waals surface area contributed by atoms with E-state index in [0.29, 0.717) is 12.0 Å². The molecule has 0 amide bonds. The molecule has 0 aliphatic carbocycles. The molecule has 128 valence electrons. The quantitative estimate of drug-likeness (QED) is 0.482. The van der Waals surface area contributed by atoms with E-state index in [0.717, 1.165) is 0 Å². The lowest BCUT2D eigenvalue weighted by atomic mass is 9.92. The first-order valence-corrected chi connectivity index (χ1v) is 8.42. The van der Waals surface area contributed by atoms with Crippen molar-refractivity contribution in [2.45, 2.75) is 73.3 Å². The Labute approximate surface area is 138 Å². The topological polar surface area (TPSA) is 34.1 Å². The molecule has 0 N–H and O–H groups in total. The molecular weight excluding hydrogens is 272 g/mol. The van der Waals surface area contributed by atoms with Crippen molar-refractivity contribution in [3.05, 3.63) is 22.5 Å². The van der Waals surface area contributed by atoms with E-state index in [2.05, 4.69) is 80.4 Å². The van der Waals surface area contributed by atoms with Crippen LogP contribution in [-0.2, 0) is 0 Å². The first-order chi connectivity index (χ1) is 10.5. The van der Waals surface area contributed by atoms with Crippen molar-refractivity contribution in [1.29, 1.82) is 0 Å². The Balaban J connectivity index is 0. The Morgan fingerprint density at radius 3 is 1.95 bits per heavy atom. The summed E-state index contributed by atoms with van der Waals surface area (Å²) >= 11 is 0. The lowest BCUT2D eigenvalue weighted by Crippen LogP contribution is -2.29. The second-order valence-corrected chi connectivity index (χ2v) is 5.12. The summed E-state index contributed by atoms with van der Waals surface area (Å²) in [6.07, 6.45) is 9.13. The van der Waals surface area contributed by atoms with Crippen LogP contribution in [0.4, 0.5) is 0 Å². The minimum absolute atomic E-state index is 0.653. The van der Waals surface area contributed by atoms with E-state index in [9.17, 15) is 0 Å². The summed E-state index contributed by atoms with van der Waals surface area (Å²) in [6, 6.07) is 3.13. The van der Waals surface area contributed by atoms with E-state index in [-0.39, 0.29) is 0 Å². The molecule has 1 heterocycles. The molecular formula is C18H36N4. The molecule has 1 aliphatic heterocycles. The summed E-state index contributed by atoms with van der Waals surface area (Å²) in [5, 5.41) is 6.56. The van der Waals surface area contributed by atoms with Gasteiger partial charge in [0.05, 0.1) is 13.0 Å². The number of nitrogens with zero attached hydrogens (tertiary/aromatic N) is 4. The van der Waals surface area contributed by atoms with E-state index in [1.54, 1.807) is 14.0 Å². The summed E-state index contributed by atoms with van der Waals surface area (Å²) in [5.41, 5.74) is 4.68. The Morgan fingerprint density at radius 2 is 1.73 bits per heavy atom. The highest BCUT2D eigenvalue weighted by atomic mass is 15.5. The Morgan fingerprint density at radius 1 is 1.18 bits per heavy atom. The lowest BCUT2D eigenvalue weighted by molar-refractivity contribution is 0.236. The second-order valence-electron chi connectivity index (χ2n) is 5.12. The zero-order valence-corrected chi connectivity index (χ0v) is 15.9. The molecule has 0 aromatic heterocycles. The third-order valence-electron chi connectivity index (χ3n) is 3.49. The van der Waals surface area contributed by atoms with Gasteiger partial charge >= 0.3 is 0 Å². The molecule has 22 heavy (non-hydrogen) atoms. The molecule has 0 saturated heterocycles. The van der Waals surface area contributed by atoms with Gasteiger partial charge in [-0.3, -0.25) is 5.01 Å². The fourth-order valence-electron chi connectivity index (χ4n) is 2.49. The van der Waals surface area contributed by atoms with E-state index >= 15 is 0 Å². The third kappa shape index (κ3) is 10.3. The predicted molar refractivity (Wildman–Crippen MR) is 101 cm³/mol. The van der Waals surface area contributed by atoms with Crippen LogP contribution in [0.5, 0.6) is 0 Å². The second kappa shape index (κ2) is 15.9. The summed E-state index contributed by atoms with van der Waals surface area (Å²) in [6.45, 7) is 12.6. The normalized spacial score (nSPS) is 19.3. The highest BCUT2D eigenvalue weighted by Gasteiger charge is 2.29. The standard InChI is InChI=1S/C9H18N2.C6H12.C3H6N2/c1-5-8-7(3)10-11(4)9(8)6-2;1-3-5-6-4-2;1-3-5-4-2/h8-9H,5-6H2,1-4H3;5-6H,3-4H2,1-2H3;1-2H3/b;6-5-;. The summed E-state index contributed by atoms with van der Waals surface area (Å²) in [7, 11) is 3.68. The molecule has 0 fully saturated rings. The van der Waals surface area contributed by atoms with Crippen molar-refractivity contribution in [2.75, 3.05) is 14.1 Å². The Bertz CT molecular complexity index is 357. The van der Waals surface area contributed by atoms with Crippen LogP contribution in [0.15, 0.2) is 17.3 Å². The van der Waals surface area contributed by atoms with Crippen molar-refractivity contribution >= 4 is 5.71 Å². The van der Waals surface area contributed by atoms with Crippen LogP contribution in [0.3, 0.4) is 0 Å². The van der Waals surface area contributed by atoms with E-state index in [4.69, 9.17) is 0 Å². The van der Waals surface area contributed by atoms with E-state index in [1.165, 1.54) is 31.4 Å². The smallest absolute Gasteiger partial charge is 0.267 e. The number of allylic oxidation sites excluding steroid dienone is 2. The Kier molecular flexibility index (Phi) is 16.4. The number of hydrogen-bond donors (Lipinski definition) is 0. The molecule has 0 saturated carbocycles. The minimum atomic E-state index is 0.653. The predicted octanol–water partition coefficient (Wildman–Crippen LogP) is 5.73. The Hall–Kier alpha value is -1.50. The first-order valence-electron chi connectivity index (χ1n) is 8.42. The number of rotatable bonds is 4. The van der Waals surface area contributed by atoms with Gasteiger partial charge in [-0.05, 0) is 32.6 Å². The van der Waals surface area contributed by atoms with Gasteiger partial charge in [0.2, 0.25) is 0 Å². The largest absolute Gasteiger partial charge is 0.312 e. The third-order valence-corrected chi connectivity index (χ3v) is 3.49. The lowest BCUT2D eigenvalue weighted by Gasteiger charge is -2.22. The zero-order chi connectivity index (χ0) is 17.4. The van der Waals surface area contributed by atoms with Crippen LogP contribution in [0.1, 0.15) is 67.2 Å². The molecule has 1 aliphatic rings. The van der Waals surface area contributed by atoms with Gasteiger partial charge < -0.3 is 5.43 Å². The van der Waals surface area contributed by atoms with Crippen molar-refractivity contribution in [3.8, 4) is 6.07 Å². The van der Waals surface area contributed by atoms with Gasteiger partial charge in [0.15, 0.2) is 0 Å². The maximum absolute atomic E-state index is 4.44. The van der Waals surface area contributed by atoms with Gasteiger partial charge in [0.1, 0.15) is 0 Å². The zero-order valence-electron chi connectivity index (χ0n) is 15.9. The SMILES string of the molecule is CC#[N+][N-]C.CC/C=C\CC.CCC1C(C)=NN(C)C1CC. The van der Waals surface area contributed by atoms with Crippen LogP contribution < -0.4 is 0 Å². The molecule has 0 radical (unpaired) electrons. The maximum Gasteiger partial charge on any atom is 0.267 e. The fourth-order valence-corrected chi connectivity index (χ4v) is 2.49. The van der Waals surface area contributed by atoms with Gasteiger partial charge in [-0.1, -0.05) is 46.9 Å². The van der Waals surface area contributed by atoms with Crippen LogP contribution in [0.2, 0.25) is 0 Å². The average Bonchev–Trinajstić information content (AvgIpc) is 2.80. The number of hydrogen-bond acceptors (Lipinski definition) is 2. The molecule has 4 nitrogen and oxygen atoms in total. The van der Waals surface area contributed by atoms with Crippen molar-refractivity contribution in [2.24, 2.45) is 11.0 Å². The fraction of sp³-hybridized carbons (Fsp3) is 0.778. The maximum atomic E-state index is 4.44. The molecule has 2 atom stereocenters. The van der Waals surface area contributed by atoms with E-state index in [1.807, 2.05) is 0 Å². The van der Waals surface area contributed by atoms with Crippen molar-refractivity contribution in [1.82, 2.24) is 5.01 Å². The minimum Gasteiger partial charge on any atom is -0.312 e. The number of hydrazone groups is 1. The molecule has 0 bridgehead atoms. The van der Waals surface area contributed by atoms with Crippen molar-refractivity contribution in [3.63, 3.8) is 0 Å². The average molecular weight is 309 g/mol.